The van der Waals surface area contributed by atoms with Crippen LogP contribution >= 0.6 is 0 Å². The number of hydrogen-bond acceptors (Lipinski definition) is 6. The highest BCUT2D eigenvalue weighted by molar-refractivity contribution is 6.01. The van der Waals surface area contributed by atoms with E-state index in [1.807, 2.05) is 0 Å². The maximum Gasteiger partial charge on any atom is 0.365 e. The fourth-order valence-electron chi connectivity index (χ4n) is 3.56. The van der Waals surface area contributed by atoms with E-state index >= 15 is 0 Å². The smallest absolute Gasteiger partial charge is 0.298 e. The molecule has 0 saturated carbocycles. The van der Waals surface area contributed by atoms with Crippen molar-refractivity contribution in [3.05, 3.63) is 0 Å². The van der Waals surface area contributed by atoms with Gasteiger partial charge in [-0.1, -0.05) is 93.9 Å². The summed E-state index contributed by atoms with van der Waals surface area (Å²) in [5, 5.41) is 0. The van der Waals surface area contributed by atoms with E-state index in [1.54, 1.807) is 27.7 Å². The SMILES string of the molecule is CC(C)CCCCC(C(=O)OOC(=O)C(CCCCC(C)C)C(=O)C(C)C)C(=O)C(C)C. The normalized spacial score (nSPS) is 13.5. The molecule has 0 radical (unpaired) electrons. The number of carbonyl (C=O) groups is 4. The molecule has 0 spiro atoms. The average molecular weight is 455 g/mol. The Hall–Kier alpha value is -1.72. The van der Waals surface area contributed by atoms with Crippen molar-refractivity contribution in [2.45, 2.75) is 107 Å². The van der Waals surface area contributed by atoms with Crippen LogP contribution in [0, 0.1) is 35.5 Å². The Balaban J connectivity index is 5.00. The van der Waals surface area contributed by atoms with E-state index in [0.29, 0.717) is 37.5 Å². The van der Waals surface area contributed by atoms with Gasteiger partial charge in [-0.3, -0.25) is 9.59 Å². The molecule has 0 aromatic heterocycles. The first-order valence-electron chi connectivity index (χ1n) is 12.4. The van der Waals surface area contributed by atoms with Crippen molar-refractivity contribution in [2.75, 3.05) is 0 Å². The van der Waals surface area contributed by atoms with E-state index in [1.165, 1.54) is 0 Å². The van der Waals surface area contributed by atoms with Gasteiger partial charge in [0.15, 0.2) is 0 Å². The summed E-state index contributed by atoms with van der Waals surface area (Å²) in [5.74, 6) is -3.61. The van der Waals surface area contributed by atoms with Crippen molar-refractivity contribution >= 4 is 23.5 Å². The Morgan fingerprint density at radius 1 is 0.500 bits per heavy atom. The zero-order valence-electron chi connectivity index (χ0n) is 21.6. The minimum absolute atomic E-state index is 0.223. The highest BCUT2D eigenvalue weighted by Gasteiger charge is 2.34. The van der Waals surface area contributed by atoms with Gasteiger partial charge < -0.3 is 0 Å². The summed E-state index contributed by atoms with van der Waals surface area (Å²) < 4.78 is 0. The van der Waals surface area contributed by atoms with Crippen molar-refractivity contribution in [3.8, 4) is 0 Å². The number of rotatable bonds is 16. The molecule has 2 atom stereocenters. The summed E-state index contributed by atoms with van der Waals surface area (Å²) in [6.07, 6.45) is 6.02. The van der Waals surface area contributed by atoms with Crippen LogP contribution in [0.25, 0.3) is 0 Å². The fraction of sp³-hybridized carbons (Fsp3) is 0.846. The monoisotopic (exact) mass is 454 g/mol. The van der Waals surface area contributed by atoms with Gasteiger partial charge in [-0.05, 0) is 24.7 Å². The highest BCUT2D eigenvalue weighted by Crippen LogP contribution is 2.21. The predicted molar refractivity (Wildman–Crippen MR) is 125 cm³/mol. The van der Waals surface area contributed by atoms with E-state index in [9.17, 15) is 19.2 Å². The number of hydrogen-bond donors (Lipinski definition) is 0. The molecule has 2 unspecified atom stereocenters. The maximum absolute atomic E-state index is 12.6. The molecular formula is C26H46O6. The minimum atomic E-state index is -0.958. The van der Waals surface area contributed by atoms with Gasteiger partial charge in [0.25, 0.3) is 0 Å². The van der Waals surface area contributed by atoms with Gasteiger partial charge in [0.1, 0.15) is 23.4 Å². The molecule has 0 saturated heterocycles. The van der Waals surface area contributed by atoms with Gasteiger partial charge in [0.2, 0.25) is 0 Å². The third-order valence-corrected chi connectivity index (χ3v) is 5.65. The summed E-state index contributed by atoms with van der Waals surface area (Å²) >= 11 is 0. The van der Waals surface area contributed by atoms with Crippen molar-refractivity contribution < 1.29 is 29.0 Å². The van der Waals surface area contributed by atoms with Crippen LogP contribution in [0.3, 0.4) is 0 Å². The zero-order valence-corrected chi connectivity index (χ0v) is 21.6. The van der Waals surface area contributed by atoms with Crippen LogP contribution in [-0.2, 0) is 29.0 Å². The van der Waals surface area contributed by atoms with Crippen LogP contribution < -0.4 is 0 Å². The first-order valence-corrected chi connectivity index (χ1v) is 12.4. The van der Waals surface area contributed by atoms with Gasteiger partial charge >= 0.3 is 11.9 Å². The summed E-state index contributed by atoms with van der Waals surface area (Å²) in [7, 11) is 0. The zero-order chi connectivity index (χ0) is 24.8. The summed E-state index contributed by atoms with van der Waals surface area (Å²) in [5.41, 5.74) is 0. The Morgan fingerprint density at radius 3 is 1.03 bits per heavy atom. The van der Waals surface area contributed by atoms with Gasteiger partial charge in [0.05, 0.1) is 0 Å². The van der Waals surface area contributed by atoms with Crippen molar-refractivity contribution in [1.82, 2.24) is 0 Å². The van der Waals surface area contributed by atoms with Crippen LogP contribution in [0.1, 0.15) is 107 Å². The van der Waals surface area contributed by atoms with E-state index < -0.39 is 23.8 Å². The predicted octanol–water partition coefficient (Wildman–Crippen LogP) is 6.10. The van der Waals surface area contributed by atoms with E-state index in [0.717, 1.165) is 25.7 Å². The average Bonchev–Trinajstić information content (AvgIpc) is 2.70. The first kappa shape index (κ1) is 30.3. The molecule has 0 N–H and O–H groups in total. The van der Waals surface area contributed by atoms with Crippen molar-refractivity contribution in [3.63, 3.8) is 0 Å². The van der Waals surface area contributed by atoms with Crippen LogP contribution in [-0.4, -0.2) is 23.5 Å². The van der Waals surface area contributed by atoms with Gasteiger partial charge in [0, 0.05) is 11.8 Å². The summed E-state index contributed by atoms with van der Waals surface area (Å²) in [6.45, 7) is 15.4. The Kier molecular flexibility index (Phi) is 15.1. The number of carbonyl (C=O) groups excluding carboxylic acids is 4. The molecule has 0 aliphatic carbocycles. The number of ketones is 2. The topological polar surface area (TPSA) is 86.7 Å². The lowest BCUT2D eigenvalue weighted by atomic mass is 9.90. The molecule has 0 bridgehead atoms. The van der Waals surface area contributed by atoms with Gasteiger partial charge in [-0.25, -0.2) is 19.4 Å². The quantitative estimate of drug-likeness (QED) is 0.121. The minimum Gasteiger partial charge on any atom is -0.298 e. The number of Topliss-reactive ketones (excluding diaryl/α,β-unsaturated/α-hetero) is 2. The third kappa shape index (κ3) is 12.4. The van der Waals surface area contributed by atoms with E-state index in [4.69, 9.17) is 9.78 Å². The standard InChI is InChI=1S/C26H46O6/c1-17(2)13-9-11-15-21(23(27)19(5)6)25(29)31-32-26(30)22(24(28)20(7)8)16-12-10-14-18(3)4/h17-22H,9-16H2,1-8H3. The molecule has 0 aliphatic heterocycles. The van der Waals surface area contributed by atoms with Crippen LogP contribution in [0.4, 0.5) is 0 Å². The molecule has 0 fully saturated rings. The second-order valence-corrected chi connectivity index (χ2v) is 10.4. The molecule has 0 heterocycles. The Labute approximate surface area is 195 Å². The molecule has 32 heavy (non-hydrogen) atoms. The molecule has 0 aliphatic rings. The van der Waals surface area contributed by atoms with Crippen LogP contribution in [0.2, 0.25) is 0 Å². The van der Waals surface area contributed by atoms with Gasteiger partial charge in [-0.15, -0.1) is 0 Å². The fourth-order valence-corrected chi connectivity index (χ4v) is 3.56. The molecule has 0 aromatic carbocycles. The van der Waals surface area contributed by atoms with E-state index in [2.05, 4.69) is 27.7 Å². The molecule has 0 rings (SSSR count). The summed E-state index contributed by atoms with van der Waals surface area (Å²) in [4.78, 5) is 59.8. The lowest BCUT2D eigenvalue weighted by Gasteiger charge is -2.18. The third-order valence-electron chi connectivity index (χ3n) is 5.65. The van der Waals surface area contributed by atoms with Crippen molar-refractivity contribution in [2.24, 2.45) is 35.5 Å². The first-order chi connectivity index (χ1) is 14.9. The van der Waals surface area contributed by atoms with Gasteiger partial charge in [-0.2, -0.15) is 0 Å². The number of unbranched alkanes of at least 4 members (excludes halogenated alkanes) is 2. The Bertz CT molecular complexity index is 539. The molecular weight excluding hydrogens is 408 g/mol. The van der Waals surface area contributed by atoms with Crippen LogP contribution in [0.15, 0.2) is 0 Å². The molecule has 6 heteroatoms. The molecule has 6 nitrogen and oxygen atoms in total. The molecule has 0 aromatic rings. The highest BCUT2D eigenvalue weighted by atomic mass is 17.2. The molecule has 186 valence electrons. The van der Waals surface area contributed by atoms with Crippen LogP contribution in [0.5, 0.6) is 0 Å². The largest absolute Gasteiger partial charge is 0.365 e. The lowest BCUT2D eigenvalue weighted by Crippen LogP contribution is -2.33. The van der Waals surface area contributed by atoms with Crippen molar-refractivity contribution in [1.29, 1.82) is 0 Å². The molecule has 0 amide bonds. The second kappa shape index (κ2) is 16.0. The van der Waals surface area contributed by atoms with E-state index in [-0.39, 0.29) is 23.4 Å². The lowest BCUT2D eigenvalue weighted by molar-refractivity contribution is -0.264. The summed E-state index contributed by atoms with van der Waals surface area (Å²) in [6, 6.07) is 0. The maximum atomic E-state index is 12.6. The second-order valence-electron chi connectivity index (χ2n) is 10.4. The Morgan fingerprint density at radius 2 is 0.781 bits per heavy atom.